The third-order valence-electron chi connectivity index (χ3n) is 6.08. The first-order valence-corrected chi connectivity index (χ1v) is 10.4. The summed E-state index contributed by atoms with van der Waals surface area (Å²) in [5.74, 6) is 1.55. The molecule has 0 saturated heterocycles. The molecule has 1 heterocycles. The molecule has 3 rings (SSSR count). The van der Waals surface area contributed by atoms with Crippen molar-refractivity contribution in [1.29, 1.82) is 0 Å². The summed E-state index contributed by atoms with van der Waals surface area (Å²) in [4.78, 5) is 13.3. The number of carbonyl (C=O) groups is 1. The molecule has 2 fully saturated rings. The van der Waals surface area contributed by atoms with Crippen molar-refractivity contribution in [2.45, 2.75) is 89.5 Å². The van der Waals surface area contributed by atoms with E-state index in [4.69, 9.17) is 16.6 Å². The summed E-state index contributed by atoms with van der Waals surface area (Å²) in [6, 6.07) is 0.0810. The van der Waals surface area contributed by atoms with Crippen molar-refractivity contribution in [2.24, 2.45) is 11.8 Å². The Hall–Kier alpha value is -1.17. The topological polar surface area (TPSA) is 70.9 Å². The third kappa shape index (κ3) is 4.93. The second kappa shape index (κ2) is 8.97. The number of amides is 1. The molecule has 2 unspecified atom stereocenters. The standard InChI is InChI=1S/C19H31N3O2S/c1-13(18-21-22-19(25)24-18)16(14-9-7-4-8-10-14)20-17(23)15-11-5-2-3-6-12-15/h13-16H,2-12H2,1H3,(H,20,23)(H,22,25). The van der Waals surface area contributed by atoms with Crippen LogP contribution in [-0.2, 0) is 4.79 Å². The van der Waals surface area contributed by atoms with Crippen LogP contribution >= 0.6 is 12.2 Å². The highest BCUT2D eigenvalue weighted by molar-refractivity contribution is 7.71. The van der Waals surface area contributed by atoms with Gasteiger partial charge >= 0.3 is 0 Å². The molecule has 25 heavy (non-hydrogen) atoms. The molecule has 0 spiro atoms. The zero-order valence-corrected chi connectivity index (χ0v) is 16.1. The minimum atomic E-state index is 0.0331. The van der Waals surface area contributed by atoms with E-state index in [-0.39, 0.29) is 23.8 Å². The van der Waals surface area contributed by atoms with Gasteiger partial charge in [-0.05, 0) is 43.8 Å². The Morgan fingerprint density at radius 1 is 1.12 bits per heavy atom. The summed E-state index contributed by atoms with van der Waals surface area (Å²) in [7, 11) is 0. The lowest BCUT2D eigenvalue weighted by atomic mass is 9.78. The molecule has 2 saturated carbocycles. The van der Waals surface area contributed by atoms with E-state index in [2.05, 4.69) is 22.4 Å². The van der Waals surface area contributed by atoms with Crippen molar-refractivity contribution in [3.05, 3.63) is 10.7 Å². The van der Waals surface area contributed by atoms with E-state index in [1.165, 1.54) is 57.8 Å². The van der Waals surface area contributed by atoms with E-state index in [1.807, 2.05) is 0 Å². The van der Waals surface area contributed by atoms with E-state index in [1.54, 1.807) is 0 Å². The fourth-order valence-electron chi connectivity index (χ4n) is 4.56. The molecule has 0 bridgehead atoms. The van der Waals surface area contributed by atoms with Crippen LogP contribution in [0.5, 0.6) is 0 Å². The molecular weight excluding hydrogens is 334 g/mol. The highest BCUT2D eigenvalue weighted by Crippen LogP contribution is 2.33. The summed E-state index contributed by atoms with van der Waals surface area (Å²) in [5, 5.41) is 10.3. The van der Waals surface area contributed by atoms with Gasteiger partial charge in [0.25, 0.3) is 4.84 Å². The zero-order valence-electron chi connectivity index (χ0n) is 15.3. The Morgan fingerprint density at radius 3 is 2.32 bits per heavy atom. The molecule has 6 heteroatoms. The fraction of sp³-hybridized carbons (Fsp3) is 0.842. The van der Waals surface area contributed by atoms with E-state index in [0.29, 0.717) is 16.6 Å². The maximum absolute atomic E-state index is 13.0. The summed E-state index contributed by atoms with van der Waals surface area (Å²) in [6.07, 6.45) is 13.1. The number of nitrogens with one attached hydrogen (secondary N) is 2. The summed E-state index contributed by atoms with van der Waals surface area (Å²) < 4.78 is 5.56. The number of hydrogen-bond acceptors (Lipinski definition) is 4. The zero-order chi connectivity index (χ0) is 17.6. The summed E-state index contributed by atoms with van der Waals surface area (Å²) in [6.45, 7) is 2.10. The number of carbonyl (C=O) groups excluding carboxylic acids is 1. The van der Waals surface area contributed by atoms with Gasteiger partial charge in [-0.3, -0.25) is 4.79 Å². The minimum Gasteiger partial charge on any atom is -0.414 e. The van der Waals surface area contributed by atoms with Crippen molar-refractivity contribution in [3.8, 4) is 0 Å². The van der Waals surface area contributed by atoms with Crippen LogP contribution in [0.1, 0.15) is 89.4 Å². The summed E-state index contributed by atoms with van der Waals surface area (Å²) >= 11 is 5.03. The van der Waals surface area contributed by atoms with Gasteiger partial charge in [-0.15, -0.1) is 5.10 Å². The van der Waals surface area contributed by atoms with Gasteiger partial charge < -0.3 is 9.73 Å². The number of rotatable bonds is 5. The van der Waals surface area contributed by atoms with Crippen molar-refractivity contribution < 1.29 is 9.21 Å². The average molecular weight is 366 g/mol. The van der Waals surface area contributed by atoms with Crippen LogP contribution in [0.3, 0.4) is 0 Å². The van der Waals surface area contributed by atoms with Crippen LogP contribution in [-0.4, -0.2) is 22.1 Å². The molecule has 0 aromatic carbocycles. The Labute approximate surface area is 155 Å². The number of aromatic amines is 1. The molecule has 2 aliphatic rings. The highest BCUT2D eigenvalue weighted by Gasteiger charge is 2.34. The highest BCUT2D eigenvalue weighted by atomic mass is 32.1. The quantitative estimate of drug-likeness (QED) is 0.577. The maximum atomic E-state index is 13.0. The Bertz CT molecular complexity index is 598. The van der Waals surface area contributed by atoms with Crippen LogP contribution in [0.4, 0.5) is 0 Å². The molecule has 2 atom stereocenters. The second-order valence-corrected chi connectivity index (χ2v) is 8.23. The molecule has 5 nitrogen and oxygen atoms in total. The lowest BCUT2D eigenvalue weighted by Crippen LogP contribution is -2.46. The molecule has 0 aliphatic heterocycles. The molecule has 2 aliphatic carbocycles. The normalized spacial score (nSPS) is 22.9. The van der Waals surface area contributed by atoms with Gasteiger partial charge in [0, 0.05) is 12.0 Å². The largest absolute Gasteiger partial charge is 0.414 e. The van der Waals surface area contributed by atoms with Crippen LogP contribution in [0, 0.1) is 16.7 Å². The van der Waals surface area contributed by atoms with Gasteiger partial charge in [0.15, 0.2) is 0 Å². The Balaban J connectivity index is 1.73. The fourth-order valence-corrected chi connectivity index (χ4v) is 4.69. The van der Waals surface area contributed by atoms with E-state index < -0.39 is 0 Å². The van der Waals surface area contributed by atoms with Crippen LogP contribution in [0.15, 0.2) is 4.42 Å². The predicted molar refractivity (Wildman–Crippen MR) is 99.8 cm³/mol. The van der Waals surface area contributed by atoms with Gasteiger partial charge in [-0.1, -0.05) is 51.9 Å². The Kier molecular flexibility index (Phi) is 6.68. The molecule has 140 valence electrons. The number of hydrogen-bond donors (Lipinski definition) is 2. The molecule has 1 aromatic rings. The van der Waals surface area contributed by atoms with Crippen LogP contribution in [0.25, 0.3) is 0 Å². The smallest absolute Gasteiger partial charge is 0.284 e. The van der Waals surface area contributed by atoms with Gasteiger partial charge in [0.1, 0.15) is 0 Å². The van der Waals surface area contributed by atoms with E-state index in [0.717, 1.165) is 12.8 Å². The number of aromatic nitrogens is 2. The van der Waals surface area contributed by atoms with Crippen molar-refractivity contribution >= 4 is 18.1 Å². The number of H-pyrrole nitrogens is 1. The first kappa shape index (κ1) is 18.6. The molecule has 1 aromatic heterocycles. The molecular formula is C19H31N3O2S. The van der Waals surface area contributed by atoms with Gasteiger partial charge in [0.05, 0.1) is 5.92 Å². The SMILES string of the molecule is CC(c1n[nH]c(=S)o1)C(NC(=O)C1CCCCCC1)C1CCCCC1. The first-order valence-electron chi connectivity index (χ1n) is 10.0. The van der Waals surface area contributed by atoms with E-state index >= 15 is 0 Å². The van der Waals surface area contributed by atoms with E-state index in [9.17, 15) is 4.79 Å². The second-order valence-electron chi connectivity index (χ2n) is 7.86. The predicted octanol–water partition coefficient (Wildman–Crippen LogP) is 4.87. The Morgan fingerprint density at radius 2 is 1.72 bits per heavy atom. The molecule has 0 radical (unpaired) electrons. The first-order chi connectivity index (χ1) is 12.1. The third-order valence-corrected chi connectivity index (χ3v) is 6.25. The van der Waals surface area contributed by atoms with Crippen molar-refractivity contribution in [3.63, 3.8) is 0 Å². The molecule has 2 N–H and O–H groups in total. The average Bonchev–Trinajstić information content (AvgIpc) is 2.89. The van der Waals surface area contributed by atoms with Crippen LogP contribution < -0.4 is 5.32 Å². The van der Waals surface area contributed by atoms with Gasteiger partial charge in [-0.25, -0.2) is 5.10 Å². The summed E-state index contributed by atoms with van der Waals surface area (Å²) in [5.41, 5.74) is 0. The monoisotopic (exact) mass is 365 g/mol. The van der Waals surface area contributed by atoms with Gasteiger partial charge in [0.2, 0.25) is 11.8 Å². The van der Waals surface area contributed by atoms with Crippen LogP contribution in [0.2, 0.25) is 0 Å². The van der Waals surface area contributed by atoms with Gasteiger partial charge in [-0.2, -0.15) is 0 Å². The maximum Gasteiger partial charge on any atom is 0.284 e. The lowest BCUT2D eigenvalue weighted by molar-refractivity contribution is -0.126. The minimum absolute atomic E-state index is 0.0331. The lowest BCUT2D eigenvalue weighted by Gasteiger charge is -2.34. The molecule has 1 amide bonds. The number of nitrogens with zero attached hydrogens (tertiary/aromatic N) is 1. The van der Waals surface area contributed by atoms with Crippen molar-refractivity contribution in [2.75, 3.05) is 0 Å². The van der Waals surface area contributed by atoms with Crippen molar-refractivity contribution in [1.82, 2.24) is 15.5 Å².